The number of aryl methyl sites for hydroxylation is 1. The molecule has 1 aromatic rings. The lowest BCUT2D eigenvalue weighted by atomic mass is 9.83. The molecule has 1 saturated heterocycles. The number of benzene rings is 1. The highest BCUT2D eigenvalue weighted by Crippen LogP contribution is 2.27. The van der Waals surface area contributed by atoms with Crippen molar-refractivity contribution in [2.75, 3.05) is 26.7 Å². The maximum atomic E-state index is 5.33. The zero-order chi connectivity index (χ0) is 13.9. The third kappa shape index (κ3) is 3.48. The van der Waals surface area contributed by atoms with Crippen LogP contribution in [0, 0.1) is 6.92 Å². The smallest absolute Gasteiger partial charge is 0.121 e. The third-order valence-corrected chi connectivity index (χ3v) is 4.07. The summed E-state index contributed by atoms with van der Waals surface area (Å²) in [4.78, 5) is 0. The van der Waals surface area contributed by atoms with Crippen molar-refractivity contribution in [3.63, 3.8) is 0 Å². The van der Waals surface area contributed by atoms with E-state index < -0.39 is 0 Å². The Morgan fingerprint density at radius 1 is 1.42 bits per heavy atom. The zero-order valence-corrected chi connectivity index (χ0v) is 12.5. The van der Waals surface area contributed by atoms with Crippen LogP contribution in [0.2, 0.25) is 0 Å². The van der Waals surface area contributed by atoms with Crippen LogP contribution in [0.4, 0.5) is 0 Å². The van der Waals surface area contributed by atoms with E-state index in [0.717, 1.165) is 25.4 Å². The number of nitrogens with one attached hydrogen (secondary N) is 2. The largest absolute Gasteiger partial charge is 0.496 e. The first-order valence-corrected chi connectivity index (χ1v) is 7.12. The lowest BCUT2D eigenvalue weighted by Gasteiger charge is -2.28. The zero-order valence-electron chi connectivity index (χ0n) is 12.5. The molecule has 1 fully saturated rings. The second kappa shape index (κ2) is 5.93. The van der Waals surface area contributed by atoms with Crippen molar-refractivity contribution in [2.45, 2.75) is 38.6 Å². The minimum atomic E-state index is 0.139. The molecule has 0 bridgehead atoms. The van der Waals surface area contributed by atoms with Crippen LogP contribution in [0.1, 0.15) is 31.4 Å². The molecule has 0 radical (unpaired) electrons. The fraction of sp³-hybridized carbons (Fsp3) is 0.625. The Kier molecular flexibility index (Phi) is 4.48. The number of rotatable bonds is 5. The Labute approximate surface area is 116 Å². The number of hydrogen-bond acceptors (Lipinski definition) is 3. The normalized spacial score (nSPS) is 19.7. The predicted octanol–water partition coefficient (Wildman–Crippen LogP) is 2.23. The maximum absolute atomic E-state index is 5.33. The molecular formula is C16H26N2O. The first-order valence-electron chi connectivity index (χ1n) is 7.12. The van der Waals surface area contributed by atoms with Gasteiger partial charge in [0.2, 0.25) is 0 Å². The molecule has 1 heterocycles. The molecule has 1 aliphatic rings. The monoisotopic (exact) mass is 262 g/mol. The van der Waals surface area contributed by atoms with Crippen molar-refractivity contribution in [2.24, 2.45) is 0 Å². The van der Waals surface area contributed by atoms with Crippen LogP contribution in [0.15, 0.2) is 18.2 Å². The van der Waals surface area contributed by atoms with Gasteiger partial charge in [-0.25, -0.2) is 0 Å². The summed E-state index contributed by atoms with van der Waals surface area (Å²) in [5.74, 6) is 0.965. The van der Waals surface area contributed by atoms with Crippen LogP contribution >= 0.6 is 0 Å². The van der Waals surface area contributed by atoms with Gasteiger partial charge >= 0.3 is 0 Å². The topological polar surface area (TPSA) is 33.3 Å². The molecule has 1 unspecified atom stereocenters. The number of ether oxygens (including phenoxy) is 1. The van der Waals surface area contributed by atoms with Gasteiger partial charge in [0.1, 0.15) is 5.75 Å². The van der Waals surface area contributed by atoms with E-state index in [-0.39, 0.29) is 5.41 Å². The molecule has 3 nitrogen and oxygen atoms in total. The molecule has 0 spiro atoms. The summed E-state index contributed by atoms with van der Waals surface area (Å²) < 4.78 is 5.33. The minimum Gasteiger partial charge on any atom is -0.496 e. The van der Waals surface area contributed by atoms with Gasteiger partial charge in [0.05, 0.1) is 7.11 Å². The lowest BCUT2D eigenvalue weighted by Crippen LogP contribution is -2.40. The van der Waals surface area contributed by atoms with Crippen molar-refractivity contribution in [1.82, 2.24) is 10.6 Å². The van der Waals surface area contributed by atoms with Crippen LogP contribution in [0.3, 0.4) is 0 Å². The third-order valence-electron chi connectivity index (χ3n) is 4.07. The molecule has 3 heteroatoms. The average molecular weight is 262 g/mol. The van der Waals surface area contributed by atoms with Crippen LogP contribution < -0.4 is 15.4 Å². The summed E-state index contributed by atoms with van der Waals surface area (Å²) in [7, 11) is 1.72. The molecule has 2 rings (SSSR count). The average Bonchev–Trinajstić information content (AvgIpc) is 2.89. The Balaban J connectivity index is 2.03. The SMILES string of the molecule is COc1ccc(C(C)(C)CNC2CCNC2)cc1C. The summed E-state index contributed by atoms with van der Waals surface area (Å²) in [5, 5.41) is 7.07. The summed E-state index contributed by atoms with van der Waals surface area (Å²) in [6, 6.07) is 7.12. The van der Waals surface area contributed by atoms with Crippen molar-refractivity contribution in [3.8, 4) is 5.75 Å². The van der Waals surface area contributed by atoms with E-state index in [0.29, 0.717) is 6.04 Å². The van der Waals surface area contributed by atoms with Crippen molar-refractivity contribution in [3.05, 3.63) is 29.3 Å². The molecule has 1 aromatic carbocycles. The maximum Gasteiger partial charge on any atom is 0.121 e. The van der Waals surface area contributed by atoms with Gasteiger partial charge in [-0.3, -0.25) is 0 Å². The van der Waals surface area contributed by atoms with E-state index in [1.54, 1.807) is 7.11 Å². The first-order chi connectivity index (χ1) is 9.03. The Morgan fingerprint density at radius 3 is 2.79 bits per heavy atom. The Morgan fingerprint density at radius 2 is 2.21 bits per heavy atom. The van der Waals surface area contributed by atoms with Gasteiger partial charge in [0.15, 0.2) is 0 Å². The second-order valence-corrected chi connectivity index (χ2v) is 6.14. The van der Waals surface area contributed by atoms with Gasteiger partial charge in [-0.15, -0.1) is 0 Å². The van der Waals surface area contributed by atoms with E-state index in [1.807, 2.05) is 0 Å². The van der Waals surface area contributed by atoms with Crippen molar-refractivity contribution >= 4 is 0 Å². The summed E-state index contributed by atoms with van der Waals surface area (Å²) in [5.41, 5.74) is 2.71. The Bertz CT molecular complexity index is 423. The highest BCUT2D eigenvalue weighted by atomic mass is 16.5. The second-order valence-electron chi connectivity index (χ2n) is 6.14. The molecule has 0 saturated carbocycles. The summed E-state index contributed by atoms with van der Waals surface area (Å²) >= 11 is 0. The fourth-order valence-corrected chi connectivity index (χ4v) is 2.63. The van der Waals surface area contributed by atoms with E-state index in [4.69, 9.17) is 4.74 Å². The van der Waals surface area contributed by atoms with E-state index in [2.05, 4.69) is 49.6 Å². The van der Waals surface area contributed by atoms with E-state index >= 15 is 0 Å². The lowest BCUT2D eigenvalue weighted by molar-refractivity contribution is 0.408. The highest BCUT2D eigenvalue weighted by Gasteiger charge is 2.23. The summed E-state index contributed by atoms with van der Waals surface area (Å²) in [6.45, 7) is 9.93. The molecule has 0 aliphatic carbocycles. The van der Waals surface area contributed by atoms with Crippen LogP contribution in [-0.2, 0) is 5.41 Å². The predicted molar refractivity (Wildman–Crippen MR) is 80.0 cm³/mol. The minimum absolute atomic E-state index is 0.139. The van der Waals surface area contributed by atoms with Gasteiger partial charge in [0.25, 0.3) is 0 Å². The Hall–Kier alpha value is -1.06. The standard InChI is InChI=1S/C16H26N2O/c1-12-9-13(5-6-15(12)19-4)16(2,3)11-18-14-7-8-17-10-14/h5-6,9,14,17-18H,7-8,10-11H2,1-4H3. The van der Waals surface area contributed by atoms with Crippen LogP contribution in [0.25, 0.3) is 0 Å². The van der Waals surface area contributed by atoms with Crippen molar-refractivity contribution < 1.29 is 4.74 Å². The molecule has 0 aromatic heterocycles. The van der Waals surface area contributed by atoms with E-state index in [1.165, 1.54) is 17.5 Å². The molecule has 106 valence electrons. The summed E-state index contributed by atoms with van der Waals surface area (Å²) in [6.07, 6.45) is 1.23. The fourth-order valence-electron chi connectivity index (χ4n) is 2.63. The molecule has 1 aliphatic heterocycles. The van der Waals surface area contributed by atoms with Gasteiger partial charge in [-0.2, -0.15) is 0 Å². The molecule has 19 heavy (non-hydrogen) atoms. The first kappa shape index (κ1) is 14.4. The molecular weight excluding hydrogens is 236 g/mol. The van der Waals surface area contributed by atoms with Crippen molar-refractivity contribution in [1.29, 1.82) is 0 Å². The van der Waals surface area contributed by atoms with Gasteiger partial charge in [0, 0.05) is 24.5 Å². The van der Waals surface area contributed by atoms with Gasteiger partial charge in [-0.1, -0.05) is 26.0 Å². The van der Waals surface area contributed by atoms with Crippen LogP contribution in [-0.4, -0.2) is 32.8 Å². The molecule has 0 amide bonds. The van der Waals surface area contributed by atoms with E-state index in [9.17, 15) is 0 Å². The highest BCUT2D eigenvalue weighted by molar-refractivity contribution is 5.39. The number of hydrogen-bond donors (Lipinski definition) is 2. The molecule has 1 atom stereocenters. The van der Waals surface area contributed by atoms with Gasteiger partial charge in [-0.05, 0) is 37.1 Å². The van der Waals surface area contributed by atoms with Crippen LogP contribution in [0.5, 0.6) is 5.75 Å². The van der Waals surface area contributed by atoms with Gasteiger partial charge < -0.3 is 15.4 Å². The quantitative estimate of drug-likeness (QED) is 0.854. The molecule has 2 N–H and O–H groups in total. The number of methoxy groups -OCH3 is 1.